The van der Waals surface area contributed by atoms with Crippen molar-refractivity contribution in [3.63, 3.8) is 0 Å². The lowest BCUT2D eigenvalue weighted by Crippen LogP contribution is -2.59. The molecule has 0 heterocycles. The van der Waals surface area contributed by atoms with Gasteiger partial charge in [-0.1, -0.05) is 13.8 Å². The highest BCUT2D eigenvalue weighted by atomic mass is 16.4. The number of hydrogen-bond donors (Lipinski definition) is 8. The van der Waals surface area contributed by atoms with Crippen molar-refractivity contribution in [3.8, 4) is 0 Å². The molecule has 0 spiro atoms. The first-order chi connectivity index (χ1) is 14.7. The Morgan fingerprint density at radius 2 is 1.31 bits per heavy atom. The highest BCUT2D eigenvalue weighted by Crippen LogP contribution is 2.07. The Morgan fingerprint density at radius 1 is 0.781 bits per heavy atom. The van der Waals surface area contributed by atoms with E-state index >= 15 is 0 Å². The maximum Gasteiger partial charge on any atom is 0.326 e. The van der Waals surface area contributed by atoms with Gasteiger partial charge in [-0.25, -0.2) is 4.79 Å². The van der Waals surface area contributed by atoms with E-state index in [-0.39, 0.29) is 6.42 Å². The van der Waals surface area contributed by atoms with Gasteiger partial charge in [0.2, 0.25) is 17.7 Å². The molecular weight excluding hydrogens is 432 g/mol. The molecular formula is C18H30N4O10. The average molecular weight is 462 g/mol. The zero-order valence-electron chi connectivity index (χ0n) is 17.9. The molecule has 0 fully saturated rings. The van der Waals surface area contributed by atoms with Gasteiger partial charge in [0.05, 0.1) is 12.5 Å². The number of aliphatic hydroxyl groups is 1. The summed E-state index contributed by atoms with van der Waals surface area (Å²) in [6.45, 7) is 4.28. The molecule has 3 amide bonds. The number of carboxylic acid groups (broad SMARTS) is 3. The van der Waals surface area contributed by atoms with Crippen LogP contribution in [0.1, 0.15) is 40.0 Å². The second kappa shape index (κ2) is 13.2. The number of hydrogen-bond acceptors (Lipinski definition) is 8. The minimum Gasteiger partial charge on any atom is -0.481 e. The summed E-state index contributed by atoms with van der Waals surface area (Å²) < 4.78 is 0. The maximum absolute atomic E-state index is 12.7. The summed E-state index contributed by atoms with van der Waals surface area (Å²) in [5.74, 6) is -7.75. The second-order valence-corrected chi connectivity index (χ2v) is 7.49. The molecule has 5 atom stereocenters. The van der Waals surface area contributed by atoms with Crippen molar-refractivity contribution in [1.82, 2.24) is 16.0 Å². The third-order valence-electron chi connectivity index (χ3n) is 4.34. The van der Waals surface area contributed by atoms with Crippen molar-refractivity contribution in [3.05, 3.63) is 0 Å². The fourth-order valence-corrected chi connectivity index (χ4v) is 2.45. The summed E-state index contributed by atoms with van der Waals surface area (Å²) in [7, 11) is 0. The first kappa shape index (κ1) is 28.7. The molecule has 0 aromatic rings. The number of carbonyl (C=O) groups excluding carboxylic acids is 3. The molecule has 0 aliphatic carbocycles. The molecule has 5 unspecified atom stereocenters. The zero-order chi connectivity index (χ0) is 25.2. The van der Waals surface area contributed by atoms with Crippen LogP contribution in [-0.2, 0) is 28.8 Å². The van der Waals surface area contributed by atoms with Crippen LogP contribution in [-0.4, -0.2) is 86.3 Å². The first-order valence-electron chi connectivity index (χ1n) is 9.68. The zero-order valence-corrected chi connectivity index (χ0v) is 17.9. The Hall–Kier alpha value is -3.26. The SMILES string of the molecule is CC(C)C(NC(=O)C(CCC(=O)O)NC(=O)C(N)C(C)O)C(=O)NC(CC(=O)O)C(=O)O. The molecule has 9 N–H and O–H groups in total. The van der Waals surface area contributed by atoms with Crippen molar-refractivity contribution in [2.75, 3.05) is 0 Å². The predicted molar refractivity (Wildman–Crippen MR) is 107 cm³/mol. The van der Waals surface area contributed by atoms with E-state index in [0.717, 1.165) is 0 Å². The summed E-state index contributed by atoms with van der Waals surface area (Å²) in [6.07, 6.45) is -3.02. The van der Waals surface area contributed by atoms with Crippen LogP contribution in [0.3, 0.4) is 0 Å². The van der Waals surface area contributed by atoms with Crippen LogP contribution in [0.15, 0.2) is 0 Å². The monoisotopic (exact) mass is 462 g/mol. The number of carboxylic acids is 3. The summed E-state index contributed by atoms with van der Waals surface area (Å²) in [4.78, 5) is 70.2. The Kier molecular flexibility index (Phi) is 11.9. The molecule has 182 valence electrons. The number of carbonyl (C=O) groups is 6. The molecule has 32 heavy (non-hydrogen) atoms. The molecule has 14 heteroatoms. The molecule has 0 aliphatic heterocycles. The molecule has 0 aliphatic rings. The standard InChI is InChI=1S/C18H30N4O10/c1-7(2)14(17(30)21-10(18(31)32)6-12(26)27)22-15(28)9(4-5-11(24)25)20-16(29)13(19)8(3)23/h7-10,13-14,23H,4-6,19H2,1-3H3,(H,20,29)(H,21,30)(H,22,28)(H,24,25)(H,26,27)(H,31,32). The number of amides is 3. The lowest BCUT2D eigenvalue weighted by molar-refractivity contribution is -0.147. The minimum absolute atomic E-state index is 0.358. The van der Waals surface area contributed by atoms with E-state index in [2.05, 4.69) is 10.6 Å². The van der Waals surface area contributed by atoms with Gasteiger partial charge in [-0.05, 0) is 19.3 Å². The third-order valence-corrected chi connectivity index (χ3v) is 4.34. The first-order valence-corrected chi connectivity index (χ1v) is 9.68. The highest BCUT2D eigenvalue weighted by molar-refractivity contribution is 5.95. The predicted octanol–water partition coefficient (Wildman–Crippen LogP) is -2.77. The molecule has 14 nitrogen and oxygen atoms in total. The molecule has 0 aromatic carbocycles. The fourth-order valence-electron chi connectivity index (χ4n) is 2.45. The normalized spacial score (nSPS) is 15.6. The van der Waals surface area contributed by atoms with E-state index in [1.807, 2.05) is 5.32 Å². The topological polar surface area (TPSA) is 245 Å². The summed E-state index contributed by atoms with van der Waals surface area (Å²) >= 11 is 0. The van der Waals surface area contributed by atoms with Gasteiger partial charge < -0.3 is 42.1 Å². The van der Waals surface area contributed by atoms with Crippen molar-refractivity contribution in [1.29, 1.82) is 0 Å². The van der Waals surface area contributed by atoms with Crippen LogP contribution < -0.4 is 21.7 Å². The van der Waals surface area contributed by atoms with Gasteiger partial charge >= 0.3 is 17.9 Å². The van der Waals surface area contributed by atoms with Gasteiger partial charge in [0.15, 0.2) is 0 Å². The maximum atomic E-state index is 12.7. The average Bonchev–Trinajstić information content (AvgIpc) is 2.66. The second-order valence-electron chi connectivity index (χ2n) is 7.49. The Morgan fingerprint density at radius 3 is 1.72 bits per heavy atom. The quantitative estimate of drug-likeness (QED) is 0.131. The van der Waals surface area contributed by atoms with E-state index in [9.17, 15) is 33.9 Å². The van der Waals surface area contributed by atoms with E-state index in [0.29, 0.717) is 0 Å². The van der Waals surface area contributed by atoms with Gasteiger partial charge in [0, 0.05) is 6.42 Å². The molecule has 0 rings (SSSR count). The van der Waals surface area contributed by atoms with E-state index in [1.165, 1.54) is 20.8 Å². The van der Waals surface area contributed by atoms with Crippen LogP contribution in [0.5, 0.6) is 0 Å². The largest absolute Gasteiger partial charge is 0.481 e. The summed E-state index contributed by atoms with van der Waals surface area (Å²) in [6, 6.07) is -5.89. The molecule has 0 saturated carbocycles. The van der Waals surface area contributed by atoms with Crippen LogP contribution in [0.4, 0.5) is 0 Å². The number of nitrogens with two attached hydrogens (primary N) is 1. The van der Waals surface area contributed by atoms with Gasteiger partial charge in [-0.15, -0.1) is 0 Å². The number of nitrogens with one attached hydrogen (secondary N) is 3. The number of aliphatic carboxylic acids is 3. The molecule has 0 radical (unpaired) electrons. The highest BCUT2D eigenvalue weighted by Gasteiger charge is 2.33. The van der Waals surface area contributed by atoms with Crippen molar-refractivity contribution in [2.45, 2.75) is 70.3 Å². The lowest BCUT2D eigenvalue weighted by atomic mass is 10.0. The molecule has 0 aromatic heterocycles. The Labute approximate surface area is 183 Å². The van der Waals surface area contributed by atoms with Gasteiger partial charge in [-0.2, -0.15) is 0 Å². The number of aliphatic hydroxyl groups excluding tert-OH is 1. The van der Waals surface area contributed by atoms with Crippen LogP contribution >= 0.6 is 0 Å². The Bertz CT molecular complexity index is 725. The van der Waals surface area contributed by atoms with Crippen molar-refractivity contribution in [2.24, 2.45) is 11.7 Å². The summed E-state index contributed by atoms with van der Waals surface area (Å²) in [5.41, 5.74) is 5.51. The van der Waals surface area contributed by atoms with E-state index in [1.54, 1.807) is 0 Å². The van der Waals surface area contributed by atoms with Crippen molar-refractivity contribution >= 4 is 35.6 Å². The van der Waals surface area contributed by atoms with Crippen molar-refractivity contribution < 1.29 is 49.2 Å². The lowest BCUT2D eigenvalue weighted by Gasteiger charge is -2.27. The molecule has 0 saturated heterocycles. The number of rotatable bonds is 14. The minimum atomic E-state index is -1.75. The molecule has 0 bridgehead atoms. The van der Waals surface area contributed by atoms with E-state index < -0.39 is 84.7 Å². The van der Waals surface area contributed by atoms with Crippen LogP contribution in [0, 0.1) is 5.92 Å². The summed E-state index contributed by atoms with van der Waals surface area (Å²) in [5, 5.41) is 42.7. The van der Waals surface area contributed by atoms with Gasteiger partial charge in [0.1, 0.15) is 24.2 Å². The van der Waals surface area contributed by atoms with E-state index in [4.69, 9.17) is 21.1 Å². The van der Waals surface area contributed by atoms with Gasteiger partial charge in [-0.3, -0.25) is 24.0 Å². The van der Waals surface area contributed by atoms with Gasteiger partial charge in [0.25, 0.3) is 0 Å². The smallest absolute Gasteiger partial charge is 0.326 e. The third kappa shape index (κ3) is 10.2. The van der Waals surface area contributed by atoms with Crippen LogP contribution in [0.25, 0.3) is 0 Å². The fraction of sp³-hybridized carbons (Fsp3) is 0.667. The van der Waals surface area contributed by atoms with Crippen LogP contribution in [0.2, 0.25) is 0 Å². The Balaban J connectivity index is 5.51.